The predicted molar refractivity (Wildman–Crippen MR) is 129 cm³/mol. The second kappa shape index (κ2) is 21.9. The van der Waals surface area contributed by atoms with Gasteiger partial charge in [-0.3, -0.25) is 4.79 Å². The van der Waals surface area contributed by atoms with Crippen LogP contribution < -0.4 is 6.15 Å². The van der Waals surface area contributed by atoms with Crippen LogP contribution in [0.2, 0.25) is 0 Å². The van der Waals surface area contributed by atoms with Crippen molar-refractivity contribution in [1.82, 2.24) is 6.15 Å². The van der Waals surface area contributed by atoms with Crippen molar-refractivity contribution < 1.29 is 9.53 Å². The molecule has 3 heteroatoms. The van der Waals surface area contributed by atoms with E-state index >= 15 is 0 Å². The molecule has 29 heavy (non-hydrogen) atoms. The Morgan fingerprint density at radius 2 is 1.24 bits per heavy atom. The lowest BCUT2D eigenvalue weighted by Gasteiger charge is -2.34. The van der Waals surface area contributed by atoms with Crippen LogP contribution in [-0.2, 0) is 9.53 Å². The molecule has 0 aliphatic heterocycles. The highest BCUT2D eigenvalue weighted by molar-refractivity contribution is 5.69. The molecule has 0 atom stereocenters. The summed E-state index contributed by atoms with van der Waals surface area (Å²) < 4.78 is 5.65. The molecule has 0 radical (unpaired) electrons. The zero-order chi connectivity index (χ0) is 20.9. The molecule has 0 aromatic rings. The Morgan fingerprint density at radius 1 is 0.759 bits per heavy atom. The minimum Gasteiger partial charge on any atom is -0.466 e. The Bertz CT molecular complexity index is 346. The number of hydrogen-bond acceptors (Lipinski definition) is 3. The van der Waals surface area contributed by atoms with Gasteiger partial charge in [0.15, 0.2) is 0 Å². The van der Waals surface area contributed by atoms with E-state index < -0.39 is 0 Å². The standard InChI is InChI=1S/C26H50O2.H3N/c1-5-9-13-14-15-16-17-18-19-25(27)28-24-23-26(20-10-6-2,21-11-7-3)22-12-8-4;/h5H,1,6-24H2,2-4H3;1H3. The lowest BCUT2D eigenvalue weighted by atomic mass is 9.72. The number of carbonyl (C=O) groups is 1. The average Bonchev–Trinajstić information content (AvgIpc) is 2.70. The minimum atomic E-state index is 0. The van der Waals surface area contributed by atoms with Gasteiger partial charge in [0.2, 0.25) is 0 Å². The van der Waals surface area contributed by atoms with Crippen LogP contribution >= 0.6 is 0 Å². The normalized spacial score (nSPS) is 11.1. The first-order valence-electron chi connectivity index (χ1n) is 12.4. The molecule has 3 nitrogen and oxygen atoms in total. The van der Waals surface area contributed by atoms with Crippen LogP contribution in [0.4, 0.5) is 0 Å². The molecule has 0 aliphatic carbocycles. The first-order valence-corrected chi connectivity index (χ1v) is 12.4. The maximum absolute atomic E-state index is 12.1. The molecule has 0 rings (SSSR count). The molecule has 0 saturated heterocycles. The number of esters is 1. The van der Waals surface area contributed by atoms with Gasteiger partial charge in [0.25, 0.3) is 0 Å². The van der Waals surface area contributed by atoms with Crippen molar-refractivity contribution in [1.29, 1.82) is 0 Å². The molecule has 0 fully saturated rings. The van der Waals surface area contributed by atoms with Crippen LogP contribution in [0.3, 0.4) is 0 Å². The van der Waals surface area contributed by atoms with Crippen molar-refractivity contribution in [3.63, 3.8) is 0 Å². The van der Waals surface area contributed by atoms with Gasteiger partial charge in [0, 0.05) is 6.42 Å². The molecule has 0 aliphatic rings. The molecule has 0 aromatic heterocycles. The maximum Gasteiger partial charge on any atom is 0.305 e. The van der Waals surface area contributed by atoms with Gasteiger partial charge in [-0.05, 0) is 50.4 Å². The van der Waals surface area contributed by atoms with Crippen LogP contribution in [0.25, 0.3) is 0 Å². The zero-order valence-corrected chi connectivity index (χ0v) is 20.2. The second-order valence-electron chi connectivity index (χ2n) is 8.73. The van der Waals surface area contributed by atoms with Crippen LogP contribution in [0, 0.1) is 5.41 Å². The van der Waals surface area contributed by atoms with Gasteiger partial charge in [0.1, 0.15) is 0 Å². The Balaban J connectivity index is 0. The van der Waals surface area contributed by atoms with Gasteiger partial charge >= 0.3 is 5.97 Å². The van der Waals surface area contributed by atoms with Crippen molar-refractivity contribution in [2.45, 2.75) is 136 Å². The summed E-state index contributed by atoms with van der Waals surface area (Å²) in [5.41, 5.74) is 0.397. The van der Waals surface area contributed by atoms with Crippen LogP contribution in [0.15, 0.2) is 12.7 Å². The Labute approximate surface area is 183 Å². The summed E-state index contributed by atoms with van der Waals surface area (Å²) >= 11 is 0. The monoisotopic (exact) mass is 411 g/mol. The number of allylic oxidation sites excluding steroid dienone is 1. The predicted octanol–water partition coefficient (Wildman–Crippen LogP) is 8.95. The average molecular weight is 412 g/mol. The van der Waals surface area contributed by atoms with Crippen molar-refractivity contribution >= 4 is 5.97 Å². The molecule has 3 N–H and O–H groups in total. The topological polar surface area (TPSA) is 61.3 Å². The molecule has 0 saturated carbocycles. The first kappa shape index (κ1) is 30.4. The van der Waals surface area contributed by atoms with Gasteiger partial charge in [-0.15, -0.1) is 6.58 Å². The molecule has 0 heterocycles. The van der Waals surface area contributed by atoms with Crippen molar-refractivity contribution in [2.24, 2.45) is 5.41 Å². The number of ether oxygens (including phenoxy) is 1. The van der Waals surface area contributed by atoms with Gasteiger partial charge in [-0.2, -0.15) is 0 Å². The first-order chi connectivity index (χ1) is 13.6. The molecule has 0 aromatic carbocycles. The summed E-state index contributed by atoms with van der Waals surface area (Å²) in [4.78, 5) is 12.1. The fraction of sp³-hybridized carbons (Fsp3) is 0.885. The number of carbonyl (C=O) groups excluding carboxylic acids is 1. The number of hydrogen-bond donors (Lipinski definition) is 1. The Hall–Kier alpha value is -0.830. The number of rotatable bonds is 21. The van der Waals surface area contributed by atoms with Gasteiger partial charge in [-0.25, -0.2) is 0 Å². The molecule has 0 unspecified atom stereocenters. The third-order valence-electron chi connectivity index (χ3n) is 6.12. The molecule has 0 bridgehead atoms. The minimum absolute atomic E-state index is 0. The summed E-state index contributed by atoms with van der Waals surface area (Å²) in [5, 5.41) is 0. The van der Waals surface area contributed by atoms with Crippen LogP contribution in [0.1, 0.15) is 136 Å². The lowest BCUT2D eigenvalue weighted by Crippen LogP contribution is -2.24. The molecule has 174 valence electrons. The SMILES string of the molecule is C=CCCCCCCCCC(=O)OCCC(CCCC)(CCCC)CCCC.N. The van der Waals surface area contributed by atoms with Crippen molar-refractivity contribution in [3.8, 4) is 0 Å². The van der Waals surface area contributed by atoms with Gasteiger partial charge in [-0.1, -0.05) is 91.1 Å². The van der Waals surface area contributed by atoms with E-state index in [9.17, 15) is 4.79 Å². The fourth-order valence-electron chi connectivity index (χ4n) is 4.12. The van der Waals surface area contributed by atoms with Gasteiger partial charge in [0.05, 0.1) is 6.61 Å². The van der Waals surface area contributed by atoms with Crippen molar-refractivity contribution in [3.05, 3.63) is 12.7 Å². The Morgan fingerprint density at radius 3 is 1.72 bits per heavy atom. The largest absolute Gasteiger partial charge is 0.466 e. The van der Waals surface area contributed by atoms with E-state index in [1.165, 1.54) is 83.5 Å². The Kier molecular flexibility index (Phi) is 22.9. The third-order valence-corrected chi connectivity index (χ3v) is 6.12. The van der Waals surface area contributed by atoms with Crippen LogP contribution in [-0.4, -0.2) is 12.6 Å². The smallest absolute Gasteiger partial charge is 0.305 e. The highest BCUT2D eigenvalue weighted by Gasteiger charge is 2.28. The van der Waals surface area contributed by atoms with E-state index in [0.29, 0.717) is 18.4 Å². The highest BCUT2D eigenvalue weighted by atomic mass is 16.5. The second-order valence-corrected chi connectivity index (χ2v) is 8.73. The molecular weight excluding hydrogens is 358 g/mol. The summed E-state index contributed by atoms with van der Waals surface area (Å²) in [7, 11) is 0. The lowest BCUT2D eigenvalue weighted by molar-refractivity contribution is -0.144. The van der Waals surface area contributed by atoms with E-state index in [-0.39, 0.29) is 12.1 Å². The maximum atomic E-state index is 12.1. The van der Waals surface area contributed by atoms with Crippen molar-refractivity contribution in [2.75, 3.05) is 6.61 Å². The summed E-state index contributed by atoms with van der Waals surface area (Å²) in [6.45, 7) is 11.2. The zero-order valence-electron chi connectivity index (χ0n) is 20.2. The van der Waals surface area contributed by atoms with E-state index in [2.05, 4.69) is 27.4 Å². The van der Waals surface area contributed by atoms with Gasteiger partial charge < -0.3 is 10.9 Å². The summed E-state index contributed by atoms with van der Waals surface area (Å²) in [6, 6.07) is 0. The van der Waals surface area contributed by atoms with Crippen LogP contribution in [0.5, 0.6) is 0 Å². The van der Waals surface area contributed by atoms with E-state index in [1.54, 1.807) is 0 Å². The quantitative estimate of drug-likeness (QED) is 0.116. The van der Waals surface area contributed by atoms with E-state index in [1.807, 2.05) is 6.08 Å². The molecule has 0 amide bonds. The molecular formula is C26H53NO2. The summed E-state index contributed by atoms with van der Waals surface area (Å²) in [6.07, 6.45) is 23.5. The fourth-order valence-corrected chi connectivity index (χ4v) is 4.12. The molecule has 0 spiro atoms. The highest BCUT2D eigenvalue weighted by Crippen LogP contribution is 2.40. The number of unbranched alkanes of at least 4 members (excludes halogenated alkanes) is 9. The van der Waals surface area contributed by atoms with E-state index in [4.69, 9.17) is 4.74 Å². The third kappa shape index (κ3) is 17.7. The summed E-state index contributed by atoms with van der Waals surface area (Å²) in [5.74, 6) is 0.0158. The van der Waals surface area contributed by atoms with E-state index in [0.717, 1.165) is 25.7 Å².